The van der Waals surface area contributed by atoms with E-state index < -0.39 is 42.3 Å². The van der Waals surface area contributed by atoms with Crippen molar-refractivity contribution < 1.29 is 29.4 Å². The number of carbonyl (C=O) groups is 4. The van der Waals surface area contributed by atoms with Gasteiger partial charge in [-0.05, 0) is 24.6 Å². The van der Waals surface area contributed by atoms with Crippen LogP contribution in [0.4, 0.5) is 0 Å². The average Bonchev–Trinajstić information content (AvgIpc) is 2.53. The van der Waals surface area contributed by atoms with Crippen LogP contribution in [0.15, 0.2) is 24.3 Å². The second-order valence-corrected chi connectivity index (χ2v) is 5.47. The molecule has 25 heavy (non-hydrogen) atoms. The third-order valence-electron chi connectivity index (χ3n) is 3.24. The van der Waals surface area contributed by atoms with Crippen LogP contribution in [0.25, 0.3) is 0 Å². The van der Waals surface area contributed by atoms with Crippen molar-refractivity contribution >= 4 is 23.7 Å². The molecule has 1 rings (SSSR count). The molecule has 1 aromatic carbocycles. The number of nitrogens with one attached hydrogen (secondary N) is 3. The third kappa shape index (κ3) is 7.34. The molecule has 0 radical (unpaired) electrons. The number of aliphatic carboxylic acids is 1. The summed E-state index contributed by atoms with van der Waals surface area (Å²) in [6.45, 7) is 2.15. The lowest BCUT2D eigenvalue weighted by Crippen LogP contribution is -2.50. The van der Waals surface area contributed by atoms with Gasteiger partial charge in [-0.3, -0.25) is 19.2 Å². The number of aromatic hydroxyl groups is 1. The van der Waals surface area contributed by atoms with Gasteiger partial charge in [0.05, 0.1) is 6.54 Å². The van der Waals surface area contributed by atoms with Crippen molar-refractivity contribution in [2.75, 3.05) is 6.54 Å². The van der Waals surface area contributed by atoms with Gasteiger partial charge < -0.3 is 26.2 Å². The van der Waals surface area contributed by atoms with Crippen LogP contribution in [0.5, 0.6) is 5.75 Å². The van der Waals surface area contributed by atoms with E-state index in [4.69, 9.17) is 5.11 Å². The predicted octanol–water partition coefficient (Wildman–Crippen LogP) is -0.855. The molecule has 0 spiro atoms. The van der Waals surface area contributed by atoms with Gasteiger partial charge in [0.1, 0.15) is 17.8 Å². The maximum Gasteiger partial charge on any atom is 0.325 e. The van der Waals surface area contributed by atoms with Crippen LogP contribution in [0, 0.1) is 0 Å². The Morgan fingerprint density at radius 2 is 1.68 bits per heavy atom. The van der Waals surface area contributed by atoms with Crippen molar-refractivity contribution in [1.29, 1.82) is 0 Å². The van der Waals surface area contributed by atoms with Crippen LogP contribution in [0.1, 0.15) is 19.4 Å². The minimum atomic E-state index is -1.19. The number of rotatable bonds is 8. The van der Waals surface area contributed by atoms with E-state index in [1.54, 1.807) is 12.1 Å². The molecule has 0 heterocycles. The Morgan fingerprint density at radius 3 is 2.20 bits per heavy atom. The normalized spacial score (nSPS) is 12.6. The Labute approximate surface area is 144 Å². The van der Waals surface area contributed by atoms with Crippen molar-refractivity contribution in [3.63, 3.8) is 0 Å². The highest BCUT2D eigenvalue weighted by Crippen LogP contribution is 2.11. The first-order valence-electron chi connectivity index (χ1n) is 7.54. The fourth-order valence-corrected chi connectivity index (χ4v) is 1.97. The van der Waals surface area contributed by atoms with Crippen LogP contribution < -0.4 is 16.0 Å². The summed E-state index contributed by atoms with van der Waals surface area (Å²) in [4.78, 5) is 45.7. The standard InChI is InChI=1S/C16H21N3O6/c1-9(16(24)25)18-14(22)8-17-15(23)13(19-10(2)20)7-11-3-5-12(21)6-4-11/h3-6,9,13,21H,7-8H2,1-2H3,(H,17,23)(H,18,22)(H,19,20)(H,24,25)/t9-,13-/m0/s1. The maximum absolute atomic E-state index is 12.2. The Bertz CT molecular complexity index is 644. The molecule has 0 fully saturated rings. The van der Waals surface area contributed by atoms with E-state index in [1.165, 1.54) is 26.0 Å². The molecule has 136 valence electrons. The zero-order valence-corrected chi connectivity index (χ0v) is 13.9. The summed E-state index contributed by atoms with van der Waals surface area (Å²) < 4.78 is 0. The largest absolute Gasteiger partial charge is 0.508 e. The fourth-order valence-electron chi connectivity index (χ4n) is 1.97. The molecular weight excluding hydrogens is 330 g/mol. The molecule has 0 aromatic heterocycles. The number of phenolic OH excluding ortho intramolecular Hbond substituents is 1. The second kappa shape index (κ2) is 9.26. The van der Waals surface area contributed by atoms with E-state index in [0.717, 1.165) is 0 Å². The summed E-state index contributed by atoms with van der Waals surface area (Å²) in [5, 5.41) is 25.0. The highest BCUT2D eigenvalue weighted by atomic mass is 16.4. The zero-order chi connectivity index (χ0) is 19.0. The SMILES string of the molecule is CC(=O)N[C@@H](Cc1ccc(O)cc1)C(=O)NCC(=O)N[C@@H](C)C(=O)O. The number of benzene rings is 1. The fraction of sp³-hybridized carbons (Fsp3) is 0.375. The Balaban J connectivity index is 2.64. The molecule has 3 amide bonds. The third-order valence-corrected chi connectivity index (χ3v) is 3.24. The monoisotopic (exact) mass is 351 g/mol. The van der Waals surface area contributed by atoms with Gasteiger partial charge in [-0.15, -0.1) is 0 Å². The van der Waals surface area contributed by atoms with E-state index in [0.29, 0.717) is 5.56 Å². The highest BCUT2D eigenvalue weighted by Gasteiger charge is 2.21. The maximum atomic E-state index is 12.2. The molecule has 0 unspecified atom stereocenters. The number of carboxylic acids is 1. The quantitative estimate of drug-likeness (QED) is 0.412. The lowest BCUT2D eigenvalue weighted by atomic mass is 10.0. The number of hydrogen-bond acceptors (Lipinski definition) is 5. The molecule has 0 aliphatic heterocycles. The van der Waals surface area contributed by atoms with Gasteiger partial charge in [0.15, 0.2) is 0 Å². The molecule has 5 N–H and O–H groups in total. The van der Waals surface area contributed by atoms with Crippen LogP contribution in [-0.4, -0.2) is 52.5 Å². The van der Waals surface area contributed by atoms with Crippen molar-refractivity contribution in [1.82, 2.24) is 16.0 Å². The molecule has 0 bridgehead atoms. The summed E-state index contributed by atoms with van der Waals surface area (Å²) in [5.41, 5.74) is 0.704. The summed E-state index contributed by atoms with van der Waals surface area (Å²) in [6.07, 6.45) is 0.166. The van der Waals surface area contributed by atoms with Gasteiger partial charge in [0.25, 0.3) is 0 Å². The van der Waals surface area contributed by atoms with Crippen LogP contribution in [-0.2, 0) is 25.6 Å². The van der Waals surface area contributed by atoms with Crippen molar-refractivity contribution in [2.45, 2.75) is 32.4 Å². The molecule has 9 heteroatoms. The summed E-state index contributed by atoms with van der Waals surface area (Å²) >= 11 is 0. The van der Waals surface area contributed by atoms with Crippen LogP contribution in [0.3, 0.4) is 0 Å². The van der Waals surface area contributed by atoms with E-state index in [1.807, 2.05) is 0 Å². The Kier molecular flexibility index (Phi) is 7.39. The van der Waals surface area contributed by atoms with Crippen LogP contribution in [0.2, 0.25) is 0 Å². The zero-order valence-electron chi connectivity index (χ0n) is 13.9. The molecule has 2 atom stereocenters. The van der Waals surface area contributed by atoms with E-state index in [-0.39, 0.29) is 12.2 Å². The number of amides is 3. The van der Waals surface area contributed by atoms with Crippen molar-refractivity contribution in [2.24, 2.45) is 0 Å². The first-order valence-corrected chi connectivity index (χ1v) is 7.54. The number of phenols is 1. The van der Waals surface area contributed by atoms with Gasteiger partial charge in [0.2, 0.25) is 17.7 Å². The van der Waals surface area contributed by atoms with E-state index in [9.17, 15) is 24.3 Å². The molecule has 0 aliphatic rings. The van der Waals surface area contributed by atoms with E-state index >= 15 is 0 Å². The summed E-state index contributed by atoms with van der Waals surface area (Å²) in [6, 6.07) is 4.15. The lowest BCUT2D eigenvalue weighted by Gasteiger charge is -2.18. The van der Waals surface area contributed by atoms with Crippen molar-refractivity contribution in [3.05, 3.63) is 29.8 Å². The number of hydrogen-bond donors (Lipinski definition) is 5. The topological polar surface area (TPSA) is 145 Å². The number of carboxylic acid groups (broad SMARTS) is 1. The first-order chi connectivity index (χ1) is 11.7. The van der Waals surface area contributed by atoms with Gasteiger partial charge in [0, 0.05) is 13.3 Å². The van der Waals surface area contributed by atoms with Gasteiger partial charge in [-0.1, -0.05) is 12.1 Å². The van der Waals surface area contributed by atoms with E-state index in [2.05, 4.69) is 16.0 Å². The predicted molar refractivity (Wildman–Crippen MR) is 87.7 cm³/mol. The lowest BCUT2D eigenvalue weighted by molar-refractivity contribution is -0.141. The highest BCUT2D eigenvalue weighted by molar-refractivity contribution is 5.91. The molecule has 1 aromatic rings. The average molecular weight is 351 g/mol. The molecule has 9 nitrogen and oxygen atoms in total. The molecule has 0 saturated heterocycles. The van der Waals surface area contributed by atoms with Crippen LogP contribution >= 0.6 is 0 Å². The Hall–Kier alpha value is -3.10. The number of carbonyl (C=O) groups excluding carboxylic acids is 3. The first kappa shape index (κ1) is 19.9. The summed E-state index contributed by atoms with van der Waals surface area (Å²) in [7, 11) is 0. The van der Waals surface area contributed by atoms with Gasteiger partial charge >= 0.3 is 5.97 Å². The Morgan fingerprint density at radius 1 is 1.08 bits per heavy atom. The molecule has 0 aliphatic carbocycles. The molecular formula is C16H21N3O6. The second-order valence-electron chi connectivity index (χ2n) is 5.47. The van der Waals surface area contributed by atoms with Gasteiger partial charge in [-0.25, -0.2) is 0 Å². The van der Waals surface area contributed by atoms with Crippen molar-refractivity contribution in [3.8, 4) is 5.75 Å². The molecule has 0 saturated carbocycles. The summed E-state index contributed by atoms with van der Waals surface area (Å²) in [5.74, 6) is -2.77. The minimum Gasteiger partial charge on any atom is -0.508 e. The smallest absolute Gasteiger partial charge is 0.325 e. The van der Waals surface area contributed by atoms with Gasteiger partial charge in [-0.2, -0.15) is 0 Å². The minimum absolute atomic E-state index is 0.0773.